The normalized spacial score (nSPS) is 13.0. The molecule has 0 saturated carbocycles. The van der Waals surface area contributed by atoms with Crippen molar-refractivity contribution in [3.63, 3.8) is 0 Å². The molecule has 0 amide bonds. The van der Waals surface area contributed by atoms with Crippen LogP contribution < -0.4 is 10.5 Å². The summed E-state index contributed by atoms with van der Waals surface area (Å²) in [4.78, 5) is 4.31. The van der Waals surface area contributed by atoms with E-state index in [1.165, 1.54) is 5.56 Å². The van der Waals surface area contributed by atoms with Gasteiger partial charge in [0, 0.05) is 12.7 Å². The van der Waals surface area contributed by atoms with E-state index < -0.39 is 0 Å². The van der Waals surface area contributed by atoms with Crippen LogP contribution in [0.4, 0.5) is 0 Å². The van der Waals surface area contributed by atoms with Crippen LogP contribution in [-0.4, -0.2) is 11.5 Å². The Balaban J connectivity index is 2.12. The Morgan fingerprint density at radius 2 is 1.86 bits per heavy atom. The zero-order chi connectivity index (χ0) is 15.3. The van der Waals surface area contributed by atoms with Gasteiger partial charge in [0.1, 0.15) is 5.75 Å². The first kappa shape index (κ1) is 15.5. The smallest absolute Gasteiger partial charge is 0.153 e. The van der Waals surface area contributed by atoms with Crippen LogP contribution in [0.5, 0.6) is 5.75 Å². The van der Waals surface area contributed by atoms with Crippen LogP contribution in [-0.2, 0) is 5.41 Å². The lowest BCUT2D eigenvalue weighted by Crippen LogP contribution is -2.19. The number of hydrogen-bond acceptors (Lipinski definition) is 3. The second-order valence-corrected chi connectivity index (χ2v) is 5.86. The number of ether oxygens (including phenoxy) is 1. The van der Waals surface area contributed by atoms with Crippen molar-refractivity contribution >= 4 is 0 Å². The molecule has 0 aliphatic carbocycles. The molecule has 2 aromatic rings. The number of rotatable bonds is 6. The van der Waals surface area contributed by atoms with E-state index in [4.69, 9.17) is 10.5 Å². The number of aromatic nitrogens is 1. The molecule has 0 radical (unpaired) electrons. The Hall–Kier alpha value is -1.87. The molecule has 2 rings (SSSR count). The molecule has 1 aromatic heterocycles. The third kappa shape index (κ3) is 3.82. The zero-order valence-corrected chi connectivity index (χ0v) is 13.0. The summed E-state index contributed by atoms with van der Waals surface area (Å²) in [7, 11) is 0. The van der Waals surface area contributed by atoms with Crippen molar-refractivity contribution in [3.8, 4) is 5.75 Å². The molecule has 0 saturated heterocycles. The Morgan fingerprint density at radius 1 is 1.14 bits per heavy atom. The molecule has 3 nitrogen and oxygen atoms in total. The summed E-state index contributed by atoms with van der Waals surface area (Å²) in [5.41, 5.74) is 8.17. The first-order valence-electron chi connectivity index (χ1n) is 7.45. The molecule has 1 atom stereocenters. The molecule has 0 spiro atoms. The average Bonchev–Trinajstić information content (AvgIpc) is 2.54. The lowest BCUT2D eigenvalue weighted by molar-refractivity contribution is 0.209. The maximum absolute atomic E-state index is 5.96. The molecule has 112 valence electrons. The molecule has 21 heavy (non-hydrogen) atoms. The van der Waals surface area contributed by atoms with Gasteiger partial charge in [0.05, 0.1) is 5.69 Å². The van der Waals surface area contributed by atoms with E-state index in [0.717, 1.165) is 17.9 Å². The summed E-state index contributed by atoms with van der Waals surface area (Å²) < 4.78 is 5.96. The summed E-state index contributed by atoms with van der Waals surface area (Å²) in [6, 6.07) is 14.1. The lowest BCUT2D eigenvalue weighted by atomic mass is 9.82. The van der Waals surface area contributed by atoms with Gasteiger partial charge in [0.15, 0.2) is 6.10 Å². The number of nitrogens with two attached hydrogens (primary N) is 1. The highest BCUT2D eigenvalue weighted by Gasteiger charge is 2.18. The van der Waals surface area contributed by atoms with Crippen LogP contribution >= 0.6 is 0 Å². The van der Waals surface area contributed by atoms with Crippen LogP contribution in [0, 0.1) is 0 Å². The van der Waals surface area contributed by atoms with Crippen molar-refractivity contribution in [2.75, 3.05) is 6.54 Å². The first-order chi connectivity index (χ1) is 10.1. The van der Waals surface area contributed by atoms with Gasteiger partial charge in [-0.3, -0.25) is 4.98 Å². The summed E-state index contributed by atoms with van der Waals surface area (Å²) in [5, 5.41) is 0. The van der Waals surface area contributed by atoms with E-state index in [9.17, 15) is 0 Å². The standard InChI is InChI=1S/C18H24N2O/c1-4-18(2,3)14-8-10-15(11-9-14)21-17(13-19)16-7-5-6-12-20-16/h5-12,17H,4,13,19H2,1-3H3. The van der Waals surface area contributed by atoms with E-state index in [-0.39, 0.29) is 11.5 Å². The molecule has 0 aliphatic heterocycles. The lowest BCUT2D eigenvalue weighted by Gasteiger charge is -2.24. The first-order valence-corrected chi connectivity index (χ1v) is 7.45. The van der Waals surface area contributed by atoms with Crippen LogP contribution in [0.3, 0.4) is 0 Å². The van der Waals surface area contributed by atoms with Gasteiger partial charge < -0.3 is 10.5 Å². The Bertz CT molecular complexity index is 549. The summed E-state index contributed by atoms with van der Waals surface area (Å²) >= 11 is 0. The Labute approximate surface area is 127 Å². The van der Waals surface area contributed by atoms with Crippen LogP contribution in [0.1, 0.15) is 44.6 Å². The molecule has 1 heterocycles. The minimum atomic E-state index is -0.212. The number of pyridine rings is 1. The van der Waals surface area contributed by atoms with Crippen molar-refractivity contribution in [1.82, 2.24) is 4.98 Å². The quantitative estimate of drug-likeness (QED) is 0.876. The van der Waals surface area contributed by atoms with Gasteiger partial charge in [0.2, 0.25) is 0 Å². The minimum Gasteiger partial charge on any atom is -0.483 e. The van der Waals surface area contributed by atoms with Crippen molar-refractivity contribution in [2.24, 2.45) is 5.73 Å². The van der Waals surface area contributed by atoms with Gasteiger partial charge in [-0.2, -0.15) is 0 Å². The van der Waals surface area contributed by atoms with E-state index in [1.54, 1.807) is 6.20 Å². The molecule has 0 bridgehead atoms. The maximum Gasteiger partial charge on any atom is 0.153 e. The van der Waals surface area contributed by atoms with Gasteiger partial charge in [-0.1, -0.05) is 39.0 Å². The average molecular weight is 284 g/mol. The van der Waals surface area contributed by atoms with Crippen LogP contribution in [0.15, 0.2) is 48.7 Å². The van der Waals surface area contributed by atoms with Crippen molar-refractivity contribution < 1.29 is 4.74 Å². The van der Waals surface area contributed by atoms with E-state index in [0.29, 0.717) is 6.54 Å². The molecule has 3 heteroatoms. The molecular weight excluding hydrogens is 260 g/mol. The summed E-state index contributed by atoms with van der Waals surface area (Å²) in [6.07, 6.45) is 2.65. The van der Waals surface area contributed by atoms with E-state index in [1.807, 2.05) is 30.3 Å². The molecule has 1 aromatic carbocycles. The molecule has 2 N–H and O–H groups in total. The summed E-state index contributed by atoms with van der Waals surface area (Å²) in [5.74, 6) is 0.826. The summed E-state index contributed by atoms with van der Waals surface area (Å²) in [6.45, 7) is 7.11. The topological polar surface area (TPSA) is 48.1 Å². The monoisotopic (exact) mass is 284 g/mol. The van der Waals surface area contributed by atoms with Gasteiger partial charge in [-0.15, -0.1) is 0 Å². The minimum absolute atomic E-state index is 0.187. The Kier molecular flexibility index (Phi) is 4.97. The number of hydrogen-bond donors (Lipinski definition) is 1. The van der Waals surface area contributed by atoms with Crippen molar-refractivity contribution in [3.05, 3.63) is 59.9 Å². The third-order valence-electron chi connectivity index (χ3n) is 4.03. The fourth-order valence-corrected chi connectivity index (χ4v) is 2.15. The predicted octanol–water partition coefficient (Wildman–Crippen LogP) is 3.85. The molecular formula is C18H24N2O. The predicted molar refractivity (Wildman–Crippen MR) is 86.4 cm³/mol. The van der Waals surface area contributed by atoms with Crippen LogP contribution in [0.2, 0.25) is 0 Å². The van der Waals surface area contributed by atoms with Crippen molar-refractivity contribution in [1.29, 1.82) is 0 Å². The second kappa shape index (κ2) is 6.72. The molecule has 0 fully saturated rings. The fraction of sp³-hybridized carbons (Fsp3) is 0.389. The van der Waals surface area contributed by atoms with Crippen molar-refractivity contribution in [2.45, 2.75) is 38.7 Å². The van der Waals surface area contributed by atoms with E-state index in [2.05, 4.69) is 37.9 Å². The highest BCUT2D eigenvalue weighted by Crippen LogP contribution is 2.29. The SMILES string of the molecule is CCC(C)(C)c1ccc(OC(CN)c2ccccn2)cc1. The highest BCUT2D eigenvalue weighted by molar-refractivity contribution is 5.32. The largest absolute Gasteiger partial charge is 0.483 e. The van der Waals surface area contributed by atoms with Gasteiger partial charge in [-0.05, 0) is 41.7 Å². The fourth-order valence-electron chi connectivity index (χ4n) is 2.15. The van der Waals surface area contributed by atoms with Gasteiger partial charge in [0.25, 0.3) is 0 Å². The van der Waals surface area contributed by atoms with Crippen LogP contribution in [0.25, 0.3) is 0 Å². The second-order valence-electron chi connectivity index (χ2n) is 5.86. The maximum atomic E-state index is 5.96. The Morgan fingerprint density at radius 3 is 2.38 bits per heavy atom. The van der Waals surface area contributed by atoms with E-state index >= 15 is 0 Å². The molecule has 0 aliphatic rings. The number of nitrogens with zero attached hydrogens (tertiary/aromatic N) is 1. The number of benzene rings is 1. The molecule has 1 unspecified atom stereocenters. The zero-order valence-electron chi connectivity index (χ0n) is 13.0. The highest BCUT2D eigenvalue weighted by atomic mass is 16.5. The third-order valence-corrected chi connectivity index (χ3v) is 4.03. The van der Waals surface area contributed by atoms with Gasteiger partial charge >= 0.3 is 0 Å². The van der Waals surface area contributed by atoms with Gasteiger partial charge in [-0.25, -0.2) is 0 Å².